The van der Waals surface area contributed by atoms with Crippen molar-refractivity contribution in [2.75, 3.05) is 13.1 Å². The zero-order valence-electron chi connectivity index (χ0n) is 11.7. The van der Waals surface area contributed by atoms with Crippen molar-refractivity contribution < 1.29 is 9.18 Å². The van der Waals surface area contributed by atoms with Gasteiger partial charge in [-0.3, -0.25) is 4.79 Å². The smallest absolute Gasteiger partial charge is 0.164 e. The number of piperidine rings is 1. The molecule has 2 nitrogen and oxygen atoms in total. The van der Waals surface area contributed by atoms with Crippen LogP contribution in [0.5, 0.6) is 0 Å². The third kappa shape index (κ3) is 3.87. The van der Waals surface area contributed by atoms with E-state index in [9.17, 15) is 9.18 Å². The summed E-state index contributed by atoms with van der Waals surface area (Å²) >= 11 is 0. The number of benzene rings is 1. The van der Waals surface area contributed by atoms with Gasteiger partial charge in [0.1, 0.15) is 5.82 Å². The molecule has 1 aromatic carbocycles. The summed E-state index contributed by atoms with van der Waals surface area (Å²) in [7, 11) is 0. The minimum atomic E-state index is -0.342. The Bertz CT molecular complexity index is 446. The van der Waals surface area contributed by atoms with Crippen molar-refractivity contribution in [3.63, 3.8) is 0 Å². The highest BCUT2D eigenvalue weighted by atomic mass is 19.1. The van der Waals surface area contributed by atoms with Crippen molar-refractivity contribution in [1.82, 2.24) is 4.90 Å². The molecule has 0 bridgehead atoms. The van der Waals surface area contributed by atoms with E-state index in [0.717, 1.165) is 19.0 Å². The van der Waals surface area contributed by atoms with E-state index in [1.54, 1.807) is 12.1 Å². The van der Waals surface area contributed by atoms with Crippen molar-refractivity contribution in [3.8, 4) is 0 Å². The highest BCUT2D eigenvalue weighted by molar-refractivity contribution is 5.96. The highest BCUT2D eigenvalue weighted by Gasteiger charge is 2.23. The molecule has 2 atom stereocenters. The van der Waals surface area contributed by atoms with E-state index >= 15 is 0 Å². The lowest BCUT2D eigenvalue weighted by Crippen LogP contribution is -2.41. The van der Waals surface area contributed by atoms with Gasteiger partial charge in [0.25, 0.3) is 0 Å². The minimum Gasteiger partial charge on any atom is -0.300 e. The molecule has 1 aliphatic rings. The van der Waals surface area contributed by atoms with Crippen LogP contribution in [0.4, 0.5) is 4.39 Å². The number of likely N-dealkylation sites (tertiary alicyclic amines) is 1. The molecule has 1 aromatic rings. The van der Waals surface area contributed by atoms with Gasteiger partial charge >= 0.3 is 0 Å². The summed E-state index contributed by atoms with van der Waals surface area (Å²) < 4.78 is 13.1. The fraction of sp³-hybridized carbons (Fsp3) is 0.562. The Morgan fingerprint density at radius 3 is 2.89 bits per heavy atom. The van der Waals surface area contributed by atoms with Crippen molar-refractivity contribution in [1.29, 1.82) is 0 Å². The summed E-state index contributed by atoms with van der Waals surface area (Å²) in [4.78, 5) is 14.4. The Labute approximate surface area is 114 Å². The lowest BCUT2D eigenvalue weighted by Gasteiger charge is -2.36. The summed E-state index contributed by atoms with van der Waals surface area (Å²) in [5, 5.41) is 0. The monoisotopic (exact) mass is 263 g/mol. The molecule has 0 spiro atoms. The Kier molecular flexibility index (Phi) is 4.70. The molecule has 1 fully saturated rings. The van der Waals surface area contributed by atoms with Crippen LogP contribution in [0.15, 0.2) is 24.3 Å². The summed E-state index contributed by atoms with van der Waals surface area (Å²) in [5.41, 5.74) is 0.484. The van der Waals surface area contributed by atoms with Crippen molar-refractivity contribution in [3.05, 3.63) is 35.6 Å². The number of carbonyl (C=O) groups excluding carboxylic acids is 1. The standard InChI is InChI=1S/C16H22FNO/c1-12-6-8-18(13(2)10-12)9-7-16(19)14-4-3-5-15(17)11-14/h3-5,11-13H,6-10H2,1-2H3. The minimum absolute atomic E-state index is 0.0327. The van der Waals surface area contributed by atoms with Crippen LogP contribution in [-0.4, -0.2) is 29.8 Å². The number of nitrogens with zero attached hydrogens (tertiary/aromatic N) is 1. The summed E-state index contributed by atoms with van der Waals surface area (Å²) in [6.07, 6.45) is 2.88. The van der Waals surface area contributed by atoms with Crippen LogP contribution in [0.3, 0.4) is 0 Å². The van der Waals surface area contributed by atoms with E-state index in [1.165, 1.54) is 25.0 Å². The second-order valence-electron chi connectivity index (χ2n) is 5.70. The van der Waals surface area contributed by atoms with Gasteiger partial charge in [0, 0.05) is 24.6 Å². The molecule has 2 unspecified atom stereocenters. The van der Waals surface area contributed by atoms with Crippen LogP contribution < -0.4 is 0 Å². The van der Waals surface area contributed by atoms with E-state index in [2.05, 4.69) is 18.7 Å². The first-order valence-corrected chi connectivity index (χ1v) is 7.09. The first kappa shape index (κ1) is 14.2. The third-order valence-corrected chi connectivity index (χ3v) is 4.05. The average molecular weight is 263 g/mol. The maximum atomic E-state index is 13.1. The summed E-state index contributed by atoms with van der Waals surface area (Å²) in [6.45, 7) is 6.36. The fourth-order valence-corrected chi connectivity index (χ4v) is 2.84. The first-order chi connectivity index (χ1) is 9.06. The van der Waals surface area contributed by atoms with Crippen molar-refractivity contribution >= 4 is 5.78 Å². The van der Waals surface area contributed by atoms with Crippen molar-refractivity contribution in [2.24, 2.45) is 5.92 Å². The zero-order chi connectivity index (χ0) is 13.8. The topological polar surface area (TPSA) is 20.3 Å². The van der Waals surface area contributed by atoms with E-state index in [4.69, 9.17) is 0 Å². The average Bonchev–Trinajstić information content (AvgIpc) is 2.37. The number of hydrogen-bond donors (Lipinski definition) is 0. The second-order valence-corrected chi connectivity index (χ2v) is 5.70. The molecule has 0 saturated carbocycles. The summed E-state index contributed by atoms with van der Waals surface area (Å²) in [6, 6.07) is 6.51. The van der Waals surface area contributed by atoms with Gasteiger partial charge in [-0.05, 0) is 44.4 Å². The molecule has 2 rings (SSSR count). The molecule has 1 aliphatic heterocycles. The van der Waals surface area contributed by atoms with Crippen LogP contribution in [0.25, 0.3) is 0 Å². The molecule has 0 aliphatic carbocycles. The van der Waals surface area contributed by atoms with Gasteiger partial charge in [0.15, 0.2) is 5.78 Å². The predicted octanol–water partition coefficient (Wildman–Crippen LogP) is 3.52. The number of ketones is 1. The van der Waals surface area contributed by atoms with Crippen LogP contribution in [0, 0.1) is 11.7 Å². The molecule has 1 heterocycles. The quantitative estimate of drug-likeness (QED) is 0.775. The zero-order valence-corrected chi connectivity index (χ0v) is 11.7. The molecular formula is C16H22FNO. The van der Waals surface area contributed by atoms with Crippen LogP contribution in [0.1, 0.15) is 43.5 Å². The highest BCUT2D eigenvalue weighted by Crippen LogP contribution is 2.22. The SMILES string of the molecule is CC1CCN(CCC(=O)c2cccc(F)c2)C(C)C1. The van der Waals surface area contributed by atoms with Gasteiger partial charge in [-0.15, -0.1) is 0 Å². The summed E-state index contributed by atoms with van der Waals surface area (Å²) in [5.74, 6) is 0.474. The number of rotatable bonds is 4. The molecule has 104 valence electrons. The van der Waals surface area contributed by atoms with Crippen molar-refractivity contribution in [2.45, 2.75) is 39.2 Å². The van der Waals surface area contributed by atoms with Gasteiger partial charge in [0.05, 0.1) is 0 Å². The number of hydrogen-bond acceptors (Lipinski definition) is 2. The van der Waals surface area contributed by atoms with Crippen LogP contribution >= 0.6 is 0 Å². The molecular weight excluding hydrogens is 241 g/mol. The number of carbonyl (C=O) groups is 1. The normalized spacial score (nSPS) is 24.4. The van der Waals surface area contributed by atoms with Gasteiger partial charge in [-0.1, -0.05) is 19.1 Å². The van der Waals surface area contributed by atoms with E-state index < -0.39 is 0 Å². The molecule has 19 heavy (non-hydrogen) atoms. The molecule has 0 aromatic heterocycles. The maximum Gasteiger partial charge on any atom is 0.164 e. The molecule has 3 heteroatoms. The Morgan fingerprint density at radius 2 is 2.21 bits per heavy atom. The van der Waals surface area contributed by atoms with Gasteiger partial charge in [-0.2, -0.15) is 0 Å². The predicted molar refractivity (Wildman–Crippen MR) is 74.8 cm³/mol. The van der Waals surface area contributed by atoms with Gasteiger partial charge < -0.3 is 4.90 Å². The Hall–Kier alpha value is -1.22. The van der Waals surface area contributed by atoms with Crippen LogP contribution in [0.2, 0.25) is 0 Å². The van der Waals surface area contributed by atoms with E-state index in [0.29, 0.717) is 18.0 Å². The maximum absolute atomic E-state index is 13.1. The lowest BCUT2D eigenvalue weighted by molar-refractivity contribution is 0.0909. The first-order valence-electron chi connectivity index (χ1n) is 7.09. The third-order valence-electron chi connectivity index (χ3n) is 4.05. The molecule has 0 amide bonds. The van der Waals surface area contributed by atoms with Crippen LogP contribution in [-0.2, 0) is 0 Å². The number of halogens is 1. The van der Waals surface area contributed by atoms with Gasteiger partial charge in [0.2, 0.25) is 0 Å². The van der Waals surface area contributed by atoms with Gasteiger partial charge in [-0.25, -0.2) is 4.39 Å². The number of Topliss-reactive ketones (excluding diaryl/α,β-unsaturated/α-hetero) is 1. The second kappa shape index (κ2) is 6.29. The van der Waals surface area contributed by atoms with E-state index in [-0.39, 0.29) is 11.6 Å². The molecule has 1 saturated heterocycles. The fourth-order valence-electron chi connectivity index (χ4n) is 2.84. The molecule has 0 radical (unpaired) electrons. The lowest BCUT2D eigenvalue weighted by atomic mass is 9.93. The Balaban J connectivity index is 1.87. The Morgan fingerprint density at radius 1 is 1.42 bits per heavy atom. The largest absolute Gasteiger partial charge is 0.300 e. The van der Waals surface area contributed by atoms with E-state index in [1.807, 2.05) is 0 Å². The molecule has 0 N–H and O–H groups in total.